The molecule has 30 heavy (non-hydrogen) atoms. The highest BCUT2D eigenvalue weighted by atomic mass is 19.4. The first kappa shape index (κ1) is 21.5. The second kappa shape index (κ2) is 9.51. The predicted molar refractivity (Wildman–Crippen MR) is 101 cm³/mol. The highest BCUT2D eigenvalue weighted by Crippen LogP contribution is 2.32. The monoisotopic (exact) mass is 426 g/mol. The molecule has 0 aliphatic heterocycles. The van der Waals surface area contributed by atoms with Gasteiger partial charge in [0.25, 0.3) is 0 Å². The van der Waals surface area contributed by atoms with E-state index in [1.54, 1.807) is 12.3 Å². The second-order valence-electron chi connectivity index (χ2n) is 6.65. The van der Waals surface area contributed by atoms with Gasteiger partial charge in [0, 0.05) is 24.4 Å². The standard InChI is InChI=1S/C19H21F3N4O4/c1-28-16-7-6-14(30-19(20,21)22)10-15(16)26-18(27)25-12-2-4-13(5-3-12)29-17-8-9-23-11-24-17/h6-13H,2-5H2,1H3,(H2,25,26,27)/t12-,13-. The third kappa shape index (κ3) is 6.39. The van der Waals surface area contributed by atoms with Crippen molar-refractivity contribution in [1.29, 1.82) is 0 Å². The highest BCUT2D eigenvalue weighted by molar-refractivity contribution is 5.91. The van der Waals surface area contributed by atoms with Crippen molar-refractivity contribution >= 4 is 11.7 Å². The number of carbonyl (C=O) groups excluding carboxylic acids is 1. The molecule has 1 aliphatic carbocycles. The minimum atomic E-state index is -4.83. The average molecular weight is 426 g/mol. The van der Waals surface area contributed by atoms with Crippen LogP contribution >= 0.6 is 0 Å². The second-order valence-corrected chi connectivity index (χ2v) is 6.65. The van der Waals surface area contributed by atoms with Crippen molar-refractivity contribution in [1.82, 2.24) is 15.3 Å². The van der Waals surface area contributed by atoms with E-state index in [1.165, 1.54) is 19.5 Å². The minimum Gasteiger partial charge on any atom is -0.495 e. The van der Waals surface area contributed by atoms with Crippen LogP contribution in [0.25, 0.3) is 0 Å². The number of amides is 2. The summed E-state index contributed by atoms with van der Waals surface area (Å²) < 4.78 is 52.0. The van der Waals surface area contributed by atoms with E-state index in [0.29, 0.717) is 18.7 Å². The number of alkyl halides is 3. The van der Waals surface area contributed by atoms with Gasteiger partial charge in [0.1, 0.15) is 23.9 Å². The van der Waals surface area contributed by atoms with Crippen LogP contribution in [-0.2, 0) is 0 Å². The van der Waals surface area contributed by atoms with E-state index >= 15 is 0 Å². The van der Waals surface area contributed by atoms with E-state index in [-0.39, 0.29) is 23.6 Å². The largest absolute Gasteiger partial charge is 0.573 e. The maximum absolute atomic E-state index is 12.4. The molecule has 162 valence electrons. The molecule has 1 fully saturated rings. The summed E-state index contributed by atoms with van der Waals surface area (Å²) in [6.45, 7) is 0. The van der Waals surface area contributed by atoms with Crippen LogP contribution < -0.4 is 24.8 Å². The van der Waals surface area contributed by atoms with E-state index in [1.807, 2.05) is 0 Å². The Kier molecular flexibility index (Phi) is 6.80. The molecule has 0 radical (unpaired) electrons. The summed E-state index contributed by atoms with van der Waals surface area (Å²) in [5, 5.41) is 5.34. The SMILES string of the molecule is COc1ccc(OC(F)(F)F)cc1NC(=O)N[C@H]1CC[C@H](Oc2ccncn2)CC1. The van der Waals surface area contributed by atoms with Gasteiger partial charge < -0.3 is 24.8 Å². The normalized spacial score (nSPS) is 18.9. The quantitative estimate of drug-likeness (QED) is 0.728. The number of aromatic nitrogens is 2. The third-order valence-electron chi connectivity index (χ3n) is 4.50. The molecule has 1 aromatic heterocycles. The van der Waals surface area contributed by atoms with E-state index in [0.717, 1.165) is 25.0 Å². The van der Waals surface area contributed by atoms with Gasteiger partial charge in [0.15, 0.2) is 0 Å². The minimum absolute atomic E-state index is 0.00250. The lowest BCUT2D eigenvalue weighted by atomic mass is 9.93. The lowest BCUT2D eigenvalue weighted by molar-refractivity contribution is -0.274. The van der Waals surface area contributed by atoms with Gasteiger partial charge in [-0.3, -0.25) is 0 Å². The predicted octanol–water partition coefficient (Wildman–Crippen LogP) is 3.90. The zero-order valence-corrected chi connectivity index (χ0v) is 16.1. The lowest BCUT2D eigenvalue weighted by Gasteiger charge is -2.29. The first-order chi connectivity index (χ1) is 14.3. The molecule has 1 saturated carbocycles. The number of ether oxygens (including phenoxy) is 3. The summed E-state index contributed by atoms with van der Waals surface area (Å²) in [5.41, 5.74) is 0.0672. The molecular weight excluding hydrogens is 405 g/mol. The van der Waals surface area contributed by atoms with Crippen molar-refractivity contribution in [3.05, 3.63) is 36.8 Å². The molecule has 2 N–H and O–H groups in total. The maximum Gasteiger partial charge on any atom is 0.573 e. The molecule has 0 atom stereocenters. The smallest absolute Gasteiger partial charge is 0.495 e. The maximum atomic E-state index is 12.4. The van der Waals surface area contributed by atoms with Crippen LogP contribution in [0.1, 0.15) is 25.7 Å². The summed E-state index contributed by atoms with van der Waals surface area (Å²) in [4.78, 5) is 20.2. The van der Waals surface area contributed by atoms with Gasteiger partial charge in [0.05, 0.1) is 12.8 Å². The molecule has 1 aromatic carbocycles. The molecule has 8 nitrogen and oxygen atoms in total. The number of halogens is 3. The van der Waals surface area contributed by atoms with Gasteiger partial charge in [-0.2, -0.15) is 0 Å². The number of urea groups is 1. The number of hydrogen-bond acceptors (Lipinski definition) is 6. The summed E-state index contributed by atoms with van der Waals surface area (Å²) in [5.74, 6) is 0.259. The molecule has 0 bridgehead atoms. The molecule has 1 heterocycles. The fourth-order valence-electron chi connectivity index (χ4n) is 3.17. The Hall–Kier alpha value is -3.24. The van der Waals surface area contributed by atoms with Gasteiger partial charge in [-0.25, -0.2) is 14.8 Å². The Bertz CT molecular complexity index is 843. The average Bonchev–Trinajstić information content (AvgIpc) is 2.69. The van der Waals surface area contributed by atoms with E-state index in [4.69, 9.17) is 9.47 Å². The molecule has 0 unspecified atom stereocenters. The van der Waals surface area contributed by atoms with Crippen LogP contribution in [0.2, 0.25) is 0 Å². The highest BCUT2D eigenvalue weighted by Gasteiger charge is 2.31. The number of nitrogens with one attached hydrogen (secondary N) is 2. The summed E-state index contributed by atoms with van der Waals surface area (Å²) in [6.07, 6.45) is 1.02. The molecule has 3 rings (SSSR count). The number of nitrogens with zero attached hydrogens (tertiary/aromatic N) is 2. The molecule has 1 aliphatic rings. The molecule has 0 spiro atoms. The number of methoxy groups -OCH3 is 1. The van der Waals surface area contributed by atoms with Crippen LogP contribution in [0.5, 0.6) is 17.4 Å². The third-order valence-corrected chi connectivity index (χ3v) is 4.50. The Labute approximate surface area is 170 Å². The summed E-state index contributed by atoms with van der Waals surface area (Å²) >= 11 is 0. The Morgan fingerprint density at radius 2 is 1.93 bits per heavy atom. The fourth-order valence-corrected chi connectivity index (χ4v) is 3.17. The van der Waals surface area contributed by atoms with E-state index in [9.17, 15) is 18.0 Å². The molecule has 11 heteroatoms. The van der Waals surface area contributed by atoms with Gasteiger partial charge in [-0.05, 0) is 37.8 Å². The summed E-state index contributed by atoms with van der Waals surface area (Å²) in [7, 11) is 1.35. The van der Waals surface area contributed by atoms with Crippen LogP contribution in [-0.4, -0.2) is 41.6 Å². The van der Waals surface area contributed by atoms with E-state index in [2.05, 4.69) is 25.3 Å². The first-order valence-corrected chi connectivity index (χ1v) is 9.26. The van der Waals surface area contributed by atoms with Crippen molar-refractivity contribution in [2.24, 2.45) is 0 Å². The molecule has 0 saturated heterocycles. The Morgan fingerprint density at radius 1 is 1.17 bits per heavy atom. The number of carbonyl (C=O) groups is 1. The topological polar surface area (TPSA) is 94.6 Å². The van der Waals surface area contributed by atoms with Crippen LogP contribution in [0, 0.1) is 0 Å². The Morgan fingerprint density at radius 3 is 2.57 bits per heavy atom. The van der Waals surface area contributed by atoms with Gasteiger partial charge in [0.2, 0.25) is 5.88 Å². The first-order valence-electron chi connectivity index (χ1n) is 9.26. The van der Waals surface area contributed by atoms with Crippen molar-refractivity contribution in [2.45, 2.75) is 44.2 Å². The Balaban J connectivity index is 1.51. The summed E-state index contributed by atoms with van der Waals surface area (Å²) in [6, 6.07) is 4.49. The van der Waals surface area contributed by atoms with Crippen molar-refractivity contribution in [3.8, 4) is 17.4 Å². The van der Waals surface area contributed by atoms with E-state index < -0.39 is 18.1 Å². The van der Waals surface area contributed by atoms with Crippen molar-refractivity contribution in [3.63, 3.8) is 0 Å². The lowest BCUT2D eigenvalue weighted by Crippen LogP contribution is -2.41. The zero-order valence-electron chi connectivity index (χ0n) is 16.1. The van der Waals surface area contributed by atoms with Gasteiger partial charge in [-0.1, -0.05) is 0 Å². The number of hydrogen-bond donors (Lipinski definition) is 2. The van der Waals surface area contributed by atoms with Gasteiger partial charge >= 0.3 is 12.4 Å². The molecule has 2 aromatic rings. The fraction of sp³-hybridized carbons (Fsp3) is 0.421. The van der Waals surface area contributed by atoms with Crippen LogP contribution in [0.4, 0.5) is 23.7 Å². The van der Waals surface area contributed by atoms with Crippen molar-refractivity contribution in [2.75, 3.05) is 12.4 Å². The molecule has 2 amide bonds. The van der Waals surface area contributed by atoms with Crippen LogP contribution in [0.3, 0.4) is 0 Å². The zero-order chi connectivity index (χ0) is 21.6. The van der Waals surface area contributed by atoms with Crippen LogP contribution in [0.15, 0.2) is 36.8 Å². The van der Waals surface area contributed by atoms with Crippen molar-refractivity contribution < 1.29 is 32.2 Å². The number of rotatable bonds is 6. The number of benzene rings is 1. The molecular formula is C19H21F3N4O4. The van der Waals surface area contributed by atoms with Gasteiger partial charge in [-0.15, -0.1) is 13.2 Å². The number of anilines is 1.